The highest BCUT2D eigenvalue weighted by atomic mass is 35.5. The van der Waals surface area contributed by atoms with Gasteiger partial charge < -0.3 is 5.32 Å². The van der Waals surface area contributed by atoms with Crippen molar-refractivity contribution in [2.75, 3.05) is 11.9 Å². The number of likely N-dealkylation sites (tertiary alicyclic amines) is 1. The van der Waals surface area contributed by atoms with Crippen LogP contribution in [0.25, 0.3) is 11.3 Å². The number of alkyl halides is 3. The number of nitrogens with one attached hydrogen (secondary N) is 1. The second-order valence-electron chi connectivity index (χ2n) is 6.84. The summed E-state index contributed by atoms with van der Waals surface area (Å²) in [5, 5.41) is 2.68. The molecule has 2 aromatic rings. The summed E-state index contributed by atoms with van der Waals surface area (Å²) in [6.45, 7) is 5.04. The van der Waals surface area contributed by atoms with Gasteiger partial charge in [-0.05, 0) is 37.9 Å². The lowest BCUT2D eigenvalue weighted by Gasteiger charge is -2.23. The van der Waals surface area contributed by atoms with E-state index < -0.39 is 11.7 Å². The lowest BCUT2D eigenvalue weighted by atomic mass is 10.1. The molecule has 2 heterocycles. The highest BCUT2D eigenvalue weighted by Gasteiger charge is 2.34. The summed E-state index contributed by atoms with van der Waals surface area (Å²) < 4.78 is 39.8. The standard InChI is InChI=1S/C19H21ClF3N3OS/c1-3-13-5-4-8-26(13)10-16-17(25-18(28-16)24-11(2)27)12-6-7-15(20)14(9-12)19(21,22)23/h6-7,9,13H,3-5,8,10H2,1-2H3,(H,24,25,27)/t13-/m1/s1. The Hall–Kier alpha value is -1.64. The second-order valence-corrected chi connectivity index (χ2v) is 8.33. The fraction of sp³-hybridized carbons (Fsp3) is 0.474. The van der Waals surface area contributed by atoms with E-state index in [4.69, 9.17) is 11.6 Å². The van der Waals surface area contributed by atoms with Gasteiger partial charge in [0.15, 0.2) is 5.13 Å². The predicted molar refractivity (Wildman–Crippen MR) is 106 cm³/mol. The molecule has 0 aliphatic carbocycles. The largest absolute Gasteiger partial charge is 0.417 e. The van der Waals surface area contributed by atoms with Gasteiger partial charge in [-0.1, -0.05) is 35.9 Å². The number of carbonyl (C=O) groups is 1. The summed E-state index contributed by atoms with van der Waals surface area (Å²) in [5.41, 5.74) is -0.0937. The molecule has 1 amide bonds. The van der Waals surface area contributed by atoms with E-state index in [1.807, 2.05) is 0 Å². The molecule has 152 valence electrons. The number of aromatic nitrogens is 1. The van der Waals surface area contributed by atoms with Crippen LogP contribution in [0.5, 0.6) is 0 Å². The molecule has 1 fully saturated rings. The smallest absolute Gasteiger partial charge is 0.302 e. The molecule has 1 saturated heterocycles. The van der Waals surface area contributed by atoms with Crippen LogP contribution in [0.2, 0.25) is 5.02 Å². The Morgan fingerprint density at radius 1 is 1.43 bits per heavy atom. The summed E-state index contributed by atoms with van der Waals surface area (Å²) in [5.74, 6) is -0.272. The fourth-order valence-corrected chi connectivity index (χ4v) is 4.81. The van der Waals surface area contributed by atoms with Gasteiger partial charge >= 0.3 is 6.18 Å². The van der Waals surface area contributed by atoms with E-state index in [1.54, 1.807) is 0 Å². The maximum absolute atomic E-state index is 13.3. The van der Waals surface area contributed by atoms with Crippen LogP contribution in [0.15, 0.2) is 18.2 Å². The van der Waals surface area contributed by atoms with Gasteiger partial charge in [0.05, 0.1) is 16.3 Å². The number of benzene rings is 1. The minimum absolute atomic E-state index is 0.272. The molecule has 28 heavy (non-hydrogen) atoms. The molecule has 0 saturated carbocycles. The summed E-state index contributed by atoms with van der Waals surface area (Å²) in [7, 11) is 0. The Labute approximate surface area is 170 Å². The fourth-order valence-electron chi connectivity index (χ4n) is 3.53. The zero-order chi connectivity index (χ0) is 20.5. The van der Waals surface area contributed by atoms with E-state index in [9.17, 15) is 18.0 Å². The number of amides is 1. The molecule has 0 radical (unpaired) electrons. The average Bonchev–Trinajstić information content (AvgIpc) is 3.20. The first kappa shape index (κ1) is 21.1. The van der Waals surface area contributed by atoms with Crippen molar-refractivity contribution in [3.63, 3.8) is 0 Å². The van der Waals surface area contributed by atoms with Crippen molar-refractivity contribution in [1.82, 2.24) is 9.88 Å². The van der Waals surface area contributed by atoms with E-state index in [2.05, 4.69) is 22.1 Å². The molecule has 1 aromatic heterocycles. The van der Waals surface area contributed by atoms with Gasteiger partial charge in [0, 0.05) is 30.0 Å². The molecule has 4 nitrogen and oxygen atoms in total. The Balaban J connectivity index is 2.01. The Bertz CT molecular complexity index is 869. The highest BCUT2D eigenvalue weighted by Crippen LogP contribution is 2.40. The highest BCUT2D eigenvalue weighted by molar-refractivity contribution is 7.16. The minimum atomic E-state index is -4.55. The normalized spacial score (nSPS) is 17.9. The SMILES string of the molecule is CC[C@@H]1CCCN1Cc1sc(NC(C)=O)nc1-c1ccc(Cl)c(C(F)(F)F)c1. The van der Waals surface area contributed by atoms with E-state index in [1.165, 1.54) is 30.4 Å². The molecule has 0 spiro atoms. The van der Waals surface area contributed by atoms with Gasteiger partial charge in [0.25, 0.3) is 0 Å². The molecule has 1 atom stereocenters. The number of carbonyl (C=O) groups excluding carboxylic acids is 1. The van der Waals surface area contributed by atoms with E-state index in [0.29, 0.717) is 29.0 Å². The summed E-state index contributed by atoms with van der Waals surface area (Å²) >= 11 is 7.06. The number of hydrogen-bond acceptors (Lipinski definition) is 4. The molecule has 3 rings (SSSR count). The summed E-state index contributed by atoms with van der Waals surface area (Å²) in [6.07, 6.45) is -1.31. The maximum atomic E-state index is 13.3. The Morgan fingerprint density at radius 3 is 2.82 bits per heavy atom. The van der Waals surface area contributed by atoms with E-state index >= 15 is 0 Å². The van der Waals surface area contributed by atoms with Gasteiger partial charge in [-0.2, -0.15) is 13.2 Å². The van der Waals surface area contributed by atoms with Crippen molar-refractivity contribution < 1.29 is 18.0 Å². The third kappa shape index (κ3) is 4.67. The molecule has 0 unspecified atom stereocenters. The van der Waals surface area contributed by atoms with Crippen molar-refractivity contribution >= 4 is 34.0 Å². The van der Waals surface area contributed by atoms with Crippen LogP contribution in [0.3, 0.4) is 0 Å². The third-order valence-corrected chi connectivity index (χ3v) is 6.13. The summed E-state index contributed by atoms with van der Waals surface area (Å²) in [4.78, 5) is 19.0. The van der Waals surface area contributed by atoms with Crippen LogP contribution < -0.4 is 5.32 Å². The van der Waals surface area contributed by atoms with E-state index in [0.717, 1.165) is 36.8 Å². The van der Waals surface area contributed by atoms with Gasteiger partial charge in [0.1, 0.15) is 0 Å². The molecule has 1 aliphatic rings. The molecule has 0 bridgehead atoms. The first-order valence-electron chi connectivity index (χ1n) is 9.07. The maximum Gasteiger partial charge on any atom is 0.417 e. The van der Waals surface area contributed by atoms with E-state index in [-0.39, 0.29) is 10.9 Å². The Kier molecular flexibility index (Phi) is 6.31. The van der Waals surface area contributed by atoms with Crippen LogP contribution in [0, 0.1) is 0 Å². The monoisotopic (exact) mass is 431 g/mol. The molecular formula is C19H21ClF3N3OS. The molecule has 1 aliphatic heterocycles. The summed E-state index contributed by atoms with van der Waals surface area (Å²) in [6, 6.07) is 4.26. The lowest BCUT2D eigenvalue weighted by Crippen LogP contribution is -2.28. The number of rotatable bonds is 5. The van der Waals surface area contributed by atoms with Crippen molar-refractivity contribution in [1.29, 1.82) is 0 Å². The van der Waals surface area contributed by atoms with Crippen LogP contribution in [0.4, 0.5) is 18.3 Å². The van der Waals surface area contributed by atoms with Gasteiger partial charge in [-0.25, -0.2) is 4.98 Å². The van der Waals surface area contributed by atoms with Crippen molar-refractivity contribution in [2.24, 2.45) is 0 Å². The first-order chi connectivity index (χ1) is 13.2. The van der Waals surface area contributed by atoms with Crippen molar-refractivity contribution in [3.8, 4) is 11.3 Å². The number of nitrogens with zero attached hydrogens (tertiary/aromatic N) is 2. The van der Waals surface area contributed by atoms with Crippen molar-refractivity contribution in [2.45, 2.75) is 51.9 Å². The van der Waals surface area contributed by atoms with Crippen LogP contribution in [-0.2, 0) is 17.5 Å². The van der Waals surface area contributed by atoms with Gasteiger partial charge in [-0.3, -0.25) is 9.69 Å². The van der Waals surface area contributed by atoms with Crippen LogP contribution >= 0.6 is 22.9 Å². The second kappa shape index (κ2) is 8.39. The number of anilines is 1. The Morgan fingerprint density at radius 2 is 2.18 bits per heavy atom. The predicted octanol–water partition coefficient (Wildman–Crippen LogP) is 5.82. The molecular weight excluding hydrogens is 411 g/mol. The quantitative estimate of drug-likeness (QED) is 0.649. The first-order valence-corrected chi connectivity index (χ1v) is 10.3. The zero-order valence-electron chi connectivity index (χ0n) is 15.6. The van der Waals surface area contributed by atoms with Gasteiger partial charge in [0.2, 0.25) is 5.91 Å². The third-order valence-electron chi connectivity index (χ3n) is 4.84. The van der Waals surface area contributed by atoms with Crippen LogP contribution in [-0.4, -0.2) is 28.4 Å². The topological polar surface area (TPSA) is 45.2 Å². The number of halogens is 4. The zero-order valence-corrected chi connectivity index (χ0v) is 17.1. The molecule has 1 N–H and O–H groups in total. The van der Waals surface area contributed by atoms with Crippen LogP contribution in [0.1, 0.15) is 43.6 Å². The average molecular weight is 432 g/mol. The number of hydrogen-bond donors (Lipinski definition) is 1. The molecule has 1 aromatic carbocycles. The van der Waals surface area contributed by atoms with Crippen molar-refractivity contribution in [3.05, 3.63) is 33.7 Å². The lowest BCUT2D eigenvalue weighted by molar-refractivity contribution is -0.137. The number of thiazole rings is 1. The molecule has 9 heteroatoms. The van der Waals surface area contributed by atoms with Gasteiger partial charge in [-0.15, -0.1) is 0 Å². The minimum Gasteiger partial charge on any atom is -0.302 e.